The van der Waals surface area contributed by atoms with Crippen molar-refractivity contribution in [2.45, 2.75) is 4.90 Å². The molecule has 5 nitrogen and oxygen atoms in total. The maximum atomic E-state index is 13.3. The van der Waals surface area contributed by atoms with Crippen molar-refractivity contribution >= 4 is 51.3 Å². The summed E-state index contributed by atoms with van der Waals surface area (Å²) in [4.78, 5) is 9.49. The molecule has 25 heavy (non-hydrogen) atoms. The first-order chi connectivity index (χ1) is 11.7. The van der Waals surface area contributed by atoms with Gasteiger partial charge in [-0.2, -0.15) is 8.42 Å². The molecular weight excluding hydrogens is 392 g/mol. The Morgan fingerprint density at radius 1 is 1.00 bits per heavy atom. The standard InChI is InChI=1S/C16H10Cl2FNO4S/c17-14-7-3-6-12(16(14)25(19,23)24)5-2-1-4-11-8-9-13(20(21)22)10-15(11)18/h1-10H. The molecule has 0 aromatic heterocycles. The lowest BCUT2D eigenvalue weighted by molar-refractivity contribution is -0.384. The van der Waals surface area contributed by atoms with E-state index in [2.05, 4.69) is 0 Å². The van der Waals surface area contributed by atoms with Gasteiger partial charge in [-0.05, 0) is 23.3 Å². The number of nitro benzene ring substituents is 1. The van der Waals surface area contributed by atoms with E-state index in [0.717, 1.165) is 0 Å². The number of hydrogen-bond acceptors (Lipinski definition) is 4. The van der Waals surface area contributed by atoms with E-state index >= 15 is 0 Å². The summed E-state index contributed by atoms with van der Waals surface area (Å²) in [5.41, 5.74) is 0.491. The Balaban J connectivity index is 2.27. The van der Waals surface area contributed by atoms with Crippen LogP contribution in [-0.2, 0) is 10.2 Å². The van der Waals surface area contributed by atoms with Gasteiger partial charge in [-0.3, -0.25) is 10.1 Å². The molecule has 0 aliphatic heterocycles. The van der Waals surface area contributed by atoms with E-state index in [4.69, 9.17) is 23.2 Å². The Labute approximate surface area is 153 Å². The number of benzene rings is 2. The molecule has 2 aromatic rings. The van der Waals surface area contributed by atoms with Gasteiger partial charge < -0.3 is 0 Å². The maximum absolute atomic E-state index is 13.3. The van der Waals surface area contributed by atoms with E-state index in [1.807, 2.05) is 0 Å². The van der Waals surface area contributed by atoms with Crippen LogP contribution in [-0.4, -0.2) is 13.3 Å². The van der Waals surface area contributed by atoms with E-state index < -0.39 is 20.0 Å². The third-order valence-corrected chi connectivity index (χ3v) is 4.80. The van der Waals surface area contributed by atoms with Crippen LogP contribution in [0.15, 0.2) is 53.4 Å². The molecule has 0 aliphatic carbocycles. The molecule has 2 aromatic carbocycles. The van der Waals surface area contributed by atoms with E-state index in [1.165, 1.54) is 54.6 Å². The Morgan fingerprint density at radius 3 is 2.20 bits per heavy atom. The Hall–Kier alpha value is -2.22. The van der Waals surface area contributed by atoms with E-state index in [1.54, 1.807) is 6.08 Å². The minimum Gasteiger partial charge on any atom is -0.258 e. The normalized spacial score (nSPS) is 12.1. The minimum atomic E-state index is -4.97. The highest BCUT2D eigenvalue weighted by molar-refractivity contribution is 7.86. The molecule has 0 saturated heterocycles. The van der Waals surface area contributed by atoms with Gasteiger partial charge in [0.15, 0.2) is 0 Å². The minimum absolute atomic E-state index is 0.0921. The van der Waals surface area contributed by atoms with Crippen LogP contribution in [0.5, 0.6) is 0 Å². The molecule has 0 N–H and O–H groups in total. The molecule has 0 spiro atoms. The predicted octanol–water partition coefficient (Wildman–Crippen LogP) is 5.29. The maximum Gasteiger partial charge on any atom is 0.334 e. The topological polar surface area (TPSA) is 77.3 Å². The molecule has 2 rings (SSSR count). The molecule has 130 valence electrons. The first-order valence-electron chi connectivity index (χ1n) is 6.72. The van der Waals surface area contributed by atoms with Crippen LogP contribution in [0.4, 0.5) is 9.57 Å². The summed E-state index contributed by atoms with van der Waals surface area (Å²) in [6.45, 7) is 0. The van der Waals surface area contributed by atoms with Gasteiger partial charge in [0.25, 0.3) is 5.69 Å². The summed E-state index contributed by atoms with van der Waals surface area (Å²) >= 11 is 11.7. The molecule has 0 aliphatic rings. The molecule has 0 atom stereocenters. The summed E-state index contributed by atoms with van der Waals surface area (Å²) in [7, 11) is -4.97. The van der Waals surface area contributed by atoms with Gasteiger partial charge in [-0.25, -0.2) is 0 Å². The fourth-order valence-corrected chi connectivity index (χ4v) is 3.41. The third-order valence-electron chi connectivity index (χ3n) is 3.10. The van der Waals surface area contributed by atoms with E-state index in [0.29, 0.717) is 5.56 Å². The molecule has 0 amide bonds. The summed E-state index contributed by atoms with van der Waals surface area (Å²) in [5.74, 6) is 0. The second kappa shape index (κ2) is 7.77. The van der Waals surface area contributed by atoms with Crippen molar-refractivity contribution in [1.29, 1.82) is 0 Å². The SMILES string of the molecule is O=[N+]([O-])c1ccc(C=CC=Cc2cccc(Cl)c2S(=O)(=O)F)c(Cl)c1. The second-order valence-corrected chi connectivity index (χ2v) is 6.88. The van der Waals surface area contributed by atoms with E-state index in [-0.39, 0.29) is 21.3 Å². The number of hydrogen-bond donors (Lipinski definition) is 0. The Bertz CT molecular complexity index is 988. The van der Waals surface area contributed by atoms with Gasteiger partial charge in [-0.15, -0.1) is 3.89 Å². The summed E-state index contributed by atoms with van der Waals surface area (Å²) in [6.07, 6.45) is 5.94. The highest BCUT2D eigenvalue weighted by atomic mass is 35.5. The number of halogens is 3. The van der Waals surface area contributed by atoms with Crippen LogP contribution in [0.1, 0.15) is 11.1 Å². The van der Waals surface area contributed by atoms with Crippen LogP contribution in [0, 0.1) is 10.1 Å². The highest BCUT2D eigenvalue weighted by Gasteiger charge is 2.19. The van der Waals surface area contributed by atoms with Crippen LogP contribution in [0.2, 0.25) is 10.0 Å². The third kappa shape index (κ3) is 4.88. The average molecular weight is 402 g/mol. The van der Waals surface area contributed by atoms with Crippen molar-refractivity contribution in [2.75, 3.05) is 0 Å². The fourth-order valence-electron chi connectivity index (χ4n) is 2.00. The number of nitro groups is 1. The number of allylic oxidation sites excluding steroid dienone is 2. The Morgan fingerprint density at radius 2 is 1.64 bits per heavy atom. The molecule has 0 bridgehead atoms. The lowest BCUT2D eigenvalue weighted by atomic mass is 10.1. The van der Waals surface area contributed by atoms with Gasteiger partial charge in [-0.1, -0.05) is 59.6 Å². The van der Waals surface area contributed by atoms with Gasteiger partial charge in [0.1, 0.15) is 4.90 Å². The lowest BCUT2D eigenvalue weighted by Crippen LogP contribution is -1.96. The molecule has 0 radical (unpaired) electrons. The smallest absolute Gasteiger partial charge is 0.258 e. The highest BCUT2D eigenvalue weighted by Crippen LogP contribution is 2.28. The Kier molecular flexibility index (Phi) is 5.94. The van der Waals surface area contributed by atoms with Crippen molar-refractivity contribution in [3.63, 3.8) is 0 Å². The number of rotatable bonds is 5. The average Bonchev–Trinajstić information content (AvgIpc) is 2.51. The number of non-ortho nitro benzene ring substituents is 1. The molecule has 0 fully saturated rings. The lowest BCUT2D eigenvalue weighted by Gasteiger charge is -2.03. The van der Waals surface area contributed by atoms with Crippen LogP contribution < -0.4 is 0 Å². The van der Waals surface area contributed by atoms with Crippen LogP contribution >= 0.6 is 23.2 Å². The molecule has 0 unspecified atom stereocenters. The van der Waals surface area contributed by atoms with Crippen molar-refractivity contribution in [2.24, 2.45) is 0 Å². The van der Waals surface area contributed by atoms with Gasteiger partial charge in [0.2, 0.25) is 0 Å². The zero-order valence-corrected chi connectivity index (χ0v) is 14.7. The number of nitrogens with zero attached hydrogens (tertiary/aromatic N) is 1. The molecule has 9 heteroatoms. The fraction of sp³-hybridized carbons (Fsp3) is 0. The monoisotopic (exact) mass is 401 g/mol. The largest absolute Gasteiger partial charge is 0.334 e. The second-order valence-electron chi connectivity index (χ2n) is 4.78. The first-order valence-corrected chi connectivity index (χ1v) is 8.86. The van der Waals surface area contributed by atoms with Crippen molar-refractivity contribution in [3.05, 3.63) is 79.8 Å². The zero-order valence-electron chi connectivity index (χ0n) is 12.4. The van der Waals surface area contributed by atoms with E-state index in [9.17, 15) is 22.4 Å². The molecule has 0 heterocycles. The molecule has 0 saturated carbocycles. The zero-order chi connectivity index (χ0) is 18.6. The summed E-state index contributed by atoms with van der Waals surface area (Å²) in [5, 5.41) is 10.6. The van der Waals surface area contributed by atoms with Crippen molar-refractivity contribution < 1.29 is 17.2 Å². The predicted molar refractivity (Wildman–Crippen MR) is 95.9 cm³/mol. The van der Waals surface area contributed by atoms with Gasteiger partial charge >= 0.3 is 10.2 Å². The first kappa shape index (κ1) is 19.1. The summed E-state index contributed by atoms with van der Waals surface area (Å²) < 4.78 is 35.7. The summed E-state index contributed by atoms with van der Waals surface area (Å²) in [6, 6.07) is 8.17. The van der Waals surface area contributed by atoms with Crippen LogP contribution in [0.3, 0.4) is 0 Å². The van der Waals surface area contributed by atoms with Crippen molar-refractivity contribution in [3.8, 4) is 0 Å². The van der Waals surface area contributed by atoms with Gasteiger partial charge in [0.05, 0.1) is 15.0 Å². The van der Waals surface area contributed by atoms with Crippen molar-refractivity contribution in [1.82, 2.24) is 0 Å². The quantitative estimate of drug-likeness (QED) is 0.295. The molecular formula is C16H10Cl2FNO4S. The van der Waals surface area contributed by atoms with Gasteiger partial charge in [0, 0.05) is 12.1 Å². The van der Waals surface area contributed by atoms with Crippen LogP contribution in [0.25, 0.3) is 12.2 Å².